The molecule has 0 fully saturated rings. The monoisotopic (exact) mass is 277 g/mol. The van der Waals surface area contributed by atoms with E-state index in [1.165, 1.54) is 0 Å². The summed E-state index contributed by atoms with van der Waals surface area (Å²) >= 11 is 0. The molecule has 0 atom stereocenters. The molecule has 0 aliphatic carbocycles. The van der Waals surface area contributed by atoms with Crippen molar-refractivity contribution in [2.45, 2.75) is 27.3 Å². The van der Waals surface area contributed by atoms with Gasteiger partial charge in [0.1, 0.15) is 11.6 Å². The number of furan rings is 1. The molecule has 2 aromatic heterocycles. The number of carbonyl (C=O) groups excluding carboxylic acids is 1. The highest BCUT2D eigenvalue weighted by Gasteiger charge is 2.14. The molecule has 0 aliphatic rings. The molecule has 20 heavy (non-hydrogen) atoms. The van der Waals surface area contributed by atoms with E-state index in [0.717, 1.165) is 18.8 Å². The van der Waals surface area contributed by atoms with Gasteiger partial charge < -0.3 is 4.42 Å². The van der Waals surface area contributed by atoms with Crippen molar-refractivity contribution >= 4 is 11.9 Å². The van der Waals surface area contributed by atoms with Crippen LogP contribution in [-0.2, 0) is 6.54 Å². The molecule has 2 N–H and O–H groups in total. The molecule has 0 saturated heterocycles. The van der Waals surface area contributed by atoms with Crippen LogP contribution >= 0.6 is 0 Å². The van der Waals surface area contributed by atoms with Gasteiger partial charge >= 0.3 is 0 Å². The van der Waals surface area contributed by atoms with Gasteiger partial charge in [0, 0.05) is 0 Å². The predicted molar refractivity (Wildman–Crippen MR) is 74.4 cm³/mol. The first-order valence-electron chi connectivity index (χ1n) is 6.63. The van der Waals surface area contributed by atoms with Gasteiger partial charge in [0.2, 0.25) is 5.95 Å². The van der Waals surface area contributed by atoms with Gasteiger partial charge in [0.25, 0.3) is 5.91 Å². The molecule has 7 heteroatoms. The number of aromatic nitrogens is 3. The van der Waals surface area contributed by atoms with Crippen molar-refractivity contribution in [3.63, 3.8) is 0 Å². The molecule has 2 aromatic rings. The fourth-order valence-electron chi connectivity index (χ4n) is 1.81. The molecular weight excluding hydrogens is 258 g/mol. The molecule has 108 valence electrons. The second kappa shape index (κ2) is 6.33. The van der Waals surface area contributed by atoms with E-state index >= 15 is 0 Å². The van der Waals surface area contributed by atoms with Gasteiger partial charge in [0.15, 0.2) is 5.76 Å². The summed E-state index contributed by atoms with van der Waals surface area (Å²) in [7, 11) is 0. The number of aryl methyl sites for hydroxylation is 1. The third kappa shape index (κ3) is 3.45. The maximum absolute atomic E-state index is 11.9. The van der Waals surface area contributed by atoms with Crippen molar-refractivity contribution in [1.82, 2.24) is 20.1 Å². The van der Waals surface area contributed by atoms with Crippen LogP contribution in [0.15, 0.2) is 16.5 Å². The Hall–Kier alpha value is -2.15. The Labute approximate surface area is 117 Å². The molecular formula is C13H19N5O2. The molecule has 0 saturated carbocycles. The SMILES string of the molecule is CCN(CC)Cc1ccc(C(=O)Nc2n[nH]c(C)n2)o1. The number of H-pyrrole nitrogens is 1. The van der Waals surface area contributed by atoms with Crippen molar-refractivity contribution in [3.8, 4) is 0 Å². The zero-order valence-corrected chi connectivity index (χ0v) is 11.9. The maximum Gasteiger partial charge on any atom is 0.293 e. The van der Waals surface area contributed by atoms with Crippen LogP contribution in [0.3, 0.4) is 0 Å². The van der Waals surface area contributed by atoms with Crippen molar-refractivity contribution in [3.05, 3.63) is 29.5 Å². The number of nitrogens with one attached hydrogen (secondary N) is 2. The summed E-state index contributed by atoms with van der Waals surface area (Å²) in [5.74, 6) is 1.56. The Morgan fingerprint density at radius 1 is 1.40 bits per heavy atom. The Bertz CT molecular complexity index is 571. The van der Waals surface area contributed by atoms with E-state index in [9.17, 15) is 4.79 Å². The molecule has 0 aliphatic heterocycles. The topological polar surface area (TPSA) is 87.0 Å². The Balaban J connectivity index is 1.99. The van der Waals surface area contributed by atoms with Crippen LogP contribution in [0.2, 0.25) is 0 Å². The van der Waals surface area contributed by atoms with Crippen molar-refractivity contribution in [2.24, 2.45) is 0 Å². The lowest BCUT2D eigenvalue weighted by Crippen LogP contribution is -2.21. The Kier molecular flexibility index (Phi) is 4.52. The number of anilines is 1. The van der Waals surface area contributed by atoms with Gasteiger partial charge in [-0.2, -0.15) is 4.98 Å². The average molecular weight is 277 g/mol. The number of amides is 1. The first-order chi connectivity index (χ1) is 9.62. The predicted octanol–water partition coefficient (Wildman–Crippen LogP) is 1.80. The summed E-state index contributed by atoms with van der Waals surface area (Å²) in [4.78, 5) is 18.2. The van der Waals surface area contributed by atoms with Crippen molar-refractivity contribution in [1.29, 1.82) is 0 Å². The first-order valence-corrected chi connectivity index (χ1v) is 6.63. The number of nitrogens with zero attached hydrogens (tertiary/aromatic N) is 3. The molecule has 2 rings (SSSR count). The summed E-state index contributed by atoms with van der Waals surface area (Å²) in [6.07, 6.45) is 0. The minimum absolute atomic E-state index is 0.245. The van der Waals surface area contributed by atoms with E-state index in [2.05, 4.69) is 39.2 Å². The lowest BCUT2D eigenvalue weighted by Gasteiger charge is -2.15. The minimum Gasteiger partial charge on any atom is -0.455 e. The van der Waals surface area contributed by atoms with Crippen LogP contribution in [0.4, 0.5) is 5.95 Å². The van der Waals surface area contributed by atoms with E-state index in [1.807, 2.05) is 6.07 Å². The van der Waals surface area contributed by atoms with Gasteiger partial charge in [-0.3, -0.25) is 20.1 Å². The molecule has 0 radical (unpaired) electrons. The van der Waals surface area contributed by atoms with Crippen molar-refractivity contribution < 1.29 is 9.21 Å². The average Bonchev–Trinajstić information content (AvgIpc) is 3.05. The normalized spacial score (nSPS) is 11.0. The van der Waals surface area contributed by atoms with E-state index in [0.29, 0.717) is 12.4 Å². The second-order valence-electron chi connectivity index (χ2n) is 4.43. The van der Waals surface area contributed by atoms with E-state index in [4.69, 9.17) is 4.42 Å². The van der Waals surface area contributed by atoms with Crippen LogP contribution in [0, 0.1) is 6.92 Å². The summed E-state index contributed by atoms with van der Waals surface area (Å²) in [5.41, 5.74) is 0. The molecule has 2 heterocycles. The van der Waals surface area contributed by atoms with Crippen LogP contribution in [0.5, 0.6) is 0 Å². The lowest BCUT2D eigenvalue weighted by atomic mass is 10.4. The highest BCUT2D eigenvalue weighted by Crippen LogP contribution is 2.12. The van der Waals surface area contributed by atoms with Gasteiger partial charge in [-0.1, -0.05) is 13.8 Å². The van der Waals surface area contributed by atoms with Gasteiger partial charge in [-0.15, -0.1) is 5.10 Å². The van der Waals surface area contributed by atoms with E-state index in [-0.39, 0.29) is 17.6 Å². The van der Waals surface area contributed by atoms with Crippen molar-refractivity contribution in [2.75, 3.05) is 18.4 Å². The van der Waals surface area contributed by atoms with Crippen LogP contribution in [-0.4, -0.2) is 39.1 Å². The zero-order chi connectivity index (χ0) is 14.5. The number of hydrogen-bond acceptors (Lipinski definition) is 5. The summed E-state index contributed by atoms with van der Waals surface area (Å²) in [5, 5.41) is 9.08. The fraction of sp³-hybridized carbons (Fsp3) is 0.462. The number of hydrogen-bond donors (Lipinski definition) is 2. The van der Waals surface area contributed by atoms with E-state index < -0.39 is 0 Å². The number of carbonyl (C=O) groups is 1. The Morgan fingerprint density at radius 2 is 2.15 bits per heavy atom. The molecule has 0 spiro atoms. The molecule has 7 nitrogen and oxygen atoms in total. The number of rotatable bonds is 6. The van der Waals surface area contributed by atoms with Gasteiger partial charge in [0.05, 0.1) is 6.54 Å². The quantitative estimate of drug-likeness (QED) is 0.840. The third-order valence-electron chi connectivity index (χ3n) is 2.98. The molecule has 0 unspecified atom stereocenters. The van der Waals surface area contributed by atoms with E-state index in [1.54, 1.807) is 13.0 Å². The van der Waals surface area contributed by atoms with Gasteiger partial charge in [-0.05, 0) is 32.1 Å². The molecule has 0 bridgehead atoms. The molecule has 1 amide bonds. The third-order valence-corrected chi connectivity index (χ3v) is 2.98. The van der Waals surface area contributed by atoms with Crippen LogP contribution in [0.1, 0.15) is 36.0 Å². The van der Waals surface area contributed by atoms with Gasteiger partial charge in [-0.25, -0.2) is 0 Å². The Morgan fingerprint density at radius 3 is 2.75 bits per heavy atom. The molecule has 0 aromatic carbocycles. The summed E-state index contributed by atoms with van der Waals surface area (Å²) < 4.78 is 5.54. The number of aromatic amines is 1. The highest BCUT2D eigenvalue weighted by molar-refractivity contribution is 6.01. The lowest BCUT2D eigenvalue weighted by molar-refractivity contribution is 0.0992. The zero-order valence-electron chi connectivity index (χ0n) is 11.9. The van der Waals surface area contributed by atoms with Crippen LogP contribution < -0.4 is 5.32 Å². The maximum atomic E-state index is 11.9. The second-order valence-corrected chi connectivity index (χ2v) is 4.43. The minimum atomic E-state index is -0.352. The smallest absolute Gasteiger partial charge is 0.293 e. The highest BCUT2D eigenvalue weighted by atomic mass is 16.4. The summed E-state index contributed by atoms with van der Waals surface area (Å²) in [6.45, 7) is 8.51. The largest absolute Gasteiger partial charge is 0.455 e. The summed E-state index contributed by atoms with van der Waals surface area (Å²) in [6, 6.07) is 3.48. The fourth-order valence-corrected chi connectivity index (χ4v) is 1.81. The first kappa shape index (κ1) is 14.3. The van der Waals surface area contributed by atoms with Crippen LogP contribution in [0.25, 0.3) is 0 Å². The standard InChI is InChI=1S/C13H19N5O2/c1-4-18(5-2)8-10-6-7-11(20-10)12(19)15-13-14-9(3)16-17-13/h6-7H,4-5,8H2,1-3H3,(H2,14,15,16,17,19).